The van der Waals surface area contributed by atoms with Gasteiger partial charge < -0.3 is 4.90 Å². The van der Waals surface area contributed by atoms with E-state index in [1.165, 1.54) is 15.3 Å². The molecule has 1 aliphatic rings. The average molecular weight is 390 g/mol. The lowest BCUT2D eigenvalue weighted by Gasteiger charge is -2.32. The highest BCUT2D eigenvalue weighted by atomic mass is 32.2. The minimum atomic E-state index is -3.53. The van der Waals surface area contributed by atoms with E-state index in [9.17, 15) is 17.6 Å². The molecule has 2 aromatic rings. The third-order valence-corrected chi connectivity index (χ3v) is 6.84. The lowest BCUT2D eigenvalue weighted by Crippen LogP contribution is -2.43. The van der Waals surface area contributed by atoms with Gasteiger partial charge in [-0.25, -0.2) is 12.8 Å². The van der Waals surface area contributed by atoms with Crippen molar-refractivity contribution >= 4 is 15.9 Å². The van der Waals surface area contributed by atoms with Crippen LogP contribution in [0.15, 0.2) is 59.5 Å². The number of hydrogen-bond donors (Lipinski definition) is 0. The Balaban J connectivity index is 1.60. The Kier molecular flexibility index (Phi) is 5.92. The largest absolute Gasteiger partial charge is 0.341 e. The van der Waals surface area contributed by atoms with Crippen LogP contribution in [0.3, 0.4) is 0 Å². The molecule has 7 heteroatoms. The zero-order chi connectivity index (χ0) is 19.4. The fourth-order valence-corrected chi connectivity index (χ4v) is 4.85. The standard InChI is InChI=1S/C20H23FN2O3S/c1-22(15-17-7-5-6-10-19(17)21)20(24)16-11-13-23(14-12-16)27(25,26)18-8-3-2-4-9-18/h2-10,16H,11-15H2,1H3. The predicted molar refractivity (Wildman–Crippen MR) is 101 cm³/mol. The lowest BCUT2D eigenvalue weighted by atomic mass is 9.96. The van der Waals surface area contributed by atoms with Crippen LogP contribution in [-0.2, 0) is 21.4 Å². The second-order valence-electron chi connectivity index (χ2n) is 6.78. The Morgan fingerprint density at radius 1 is 1.07 bits per heavy atom. The lowest BCUT2D eigenvalue weighted by molar-refractivity contribution is -0.136. The van der Waals surface area contributed by atoms with Gasteiger partial charge in [-0.15, -0.1) is 0 Å². The normalized spacial score (nSPS) is 16.2. The van der Waals surface area contributed by atoms with Crippen molar-refractivity contribution < 1.29 is 17.6 Å². The Labute approximate surface area is 159 Å². The third-order valence-electron chi connectivity index (χ3n) is 4.93. The molecule has 0 spiro atoms. The van der Waals surface area contributed by atoms with E-state index in [-0.39, 0.29) is 29.1 Å². The van der Waals surface area contributed by atoms with Crippen molar-refractivity contribution in [3.8, 4) is 0 Å². The van der Waals surface area contributed by atoms with Gasteiger partial charge in [-0.1, -0.05) is 36.4 Å². The summed E-state index contributed by atoms with van der Waals surface area (Å²) in [6.07, 6.45) is 0.930. The number of nitrogens with zero attached hydrogens (tertiary/aromatic N) is 2. The van der Waals surface area contributed by atoms with Crippen molar-refractivity contribution in [2.45, 2.75) is 24.3 Å². The summed E-state index contributed by atoms with van der Waals surface area (Å²) in [5.74, 6) is -0.653. The van der Waals surface area contributed by atoms with Gasteiger partial charge in [0, 0.05) is 38.2 Å². The molecule has 0 aromatic heterocycles. The van der Waals surface area contributed by atoms with Crippen LogP contribution in [0.1, 0.15) is 18.4 Å². The number of carbonyl (C=O) groups is 1. The van der Waals surface area contributed by atoms with E-state index < -0.39 is 10.0 Å². The fraction of sp³-hybridized carbons (Fsp3) is 0.350. The number of sulfonamides is 1. The van der Waals surface area contributed by atoms with Gasteiger partial charge >= 0.3 is 0 Å². The minimum absolute atomic E-state index is 0.0741. The van der Waals surface area contributed by atoms with Crippen LogP contribution in [0.5, 0.6) is 0 Å². The van der Waals surface area contributed by atoms with Crippen LogP contribution in [0.25, 0.3) is 0 Å². The second-order valence-corrected chi connectivity index (χ2v) is 8.72. The van der Waals surface area contributed by atoms with E-state index in [1.807, 2.05) is 0 Å². The number of amides is 1. The molecule has 1 aliphatic heterocycles. The van der Waals surface area contributed by atoms with E-state index in [0.29, 0.717) is 31.5 Å². The minimum Gasteiger partial charge on any atom is -0.341 e. The van der Waals surface area contributed by atoms with Crippen molar-refractivity contribution in [1.29, 1.82) is 0 Å². The SMILES string of the molecule is CN(Cc1ccccc1F)C(=O)C1CCN(S(=O)(=O)c2ccccc2)CC1. The first-order chi connectivity index (χ1) is 12.9. The third kappa shape index (κ3) is 4.36. The van der Waals surface area contributed by atoms with E-state index in [4.69, 9.17) is 0 Å². The molecule has 0 atom stereocenters. The molecule has 0 N–H and O–H groups in total. The van der Waals surface area contributed by atoms with Gasteiger partial charge in [0.1, 0.15) is 5.82 Å². The summed E-state index contributed by atoms with van der Waals surface area (Å²) in [5.41, 5.74) is 0.470. The molecule has 2 aromatic carbocycles. The summed E-state index contributed by atoms with van der Waals surface area (Å²) >= 11 is 0. The maximum atomic E-state index is 13.8. The van der Waals surface area contributed by atoms with Crippen LogP contribution < -0.4 is 0 Å². The van der Waals surface area contributed by atoms with Crippen LogP contribution in [0.2, 0.25) is 0 Å². The van der Waals surface area contributed by atoms with E-state index in [1.54, 1.807) is 55.6 Å². The molecule has 1 amide bonds. The summed E-state index contributed by atoms with van der Waals surface area (Å²) in [6.45, 7) is 0.816. The summed E-state index contributed by atoms with van der Waals surface area (Å²) < 4.78 is 40.6. The quantitative estimate of drug-likeness (QED) is 0.789. The van der Waals surface area contributed by atoms with Crippen molar-refractivity contribution in [1.82, 2.24) is 9.21 Å². The van der Waals surface area contributed by atoms with E-state index >= 15 is 0 Å². The number of rotatable bonds is 5. The van der Waals surface area contributed by atoms with Gasteiger partial charge in [-0.05, 0) is 31.0 Å². The Bertz CT molecular complexity index is 894. The van der Waals surface area contributed by atoms with Crippen LogP contribution in [0, 0.1) is 11.7 Å². The molecule has 1 fully saturated rings. The summed E-state index contributed by atoms with van der Waals surface area (Å²) in [6, 6.07) is 14.7. The highest BCUT2D eigenvalue weighted by Crippen LogP contribution is 2.25. The van der Waals surface area contributed by atoms with Gasteiger partial charge in [0.25, 0.3) is 0 Å². The summed E-state index contributed by atoms with van der Waals surface area (Å²) in [5, 5.41) is 0. The number of halogens is 1. The Morgan fingerprint density at radius 3 is 2.30 bits per heavy atom. The Hall–Kier alpha value is -2.25. The monoisotopic (exact) mass is 390 g/mol. The maximum Gasteiger partial charge on any atom is 0.243 e. The zero-order valence-electron chi connectivity index (χ0n) is 15.2. The predicted octanol–water partition coefficient (Wildman–Crippen LogP) is 2.89. The van der Waals surface area contributed by atoms with Crippen molar-refractivity contribution in [3.05, 3.63) is 66.0 Å². The molecule has 1 heterocycles. The molecule has 0 bridgehead atoms. The van der Waals surface area contributed by atoms with Gasteiger partial charge in [0.05, 0.1) is 4.90 Å². The molecule has 3 rings (SSSR count). The molecule has 0 saturated carbocycles. The molecule has 0 aliphatic carbocycles. The molecular formula is C20H23FN2O3S. The highest BCUT2D eigenvalue weighted by molar-refractivity contribution is 7.89. The van der Waals surface area contributed by atoms with Crippen LogP contribution in [-0.4, -0.2) is 43.7 Å². The van der Waals surface area contributed by atoms with E-state index in [0.717, 1.165) is 0 Å². The van der Waals surface area contributed by atoms with Gasteiger partial charge in [0.2, 0.25) is 15.9 Å². The second kappa shape index (κ2) is 8.19. The van der Waals surface area contributed by atoms with Crippen LogP contribution >= 0.6 is 0 Å². The molecule has 0 unspecified atom stereocenters. The van der Waals surface area contributed by atoms with Crippen molar-refractivity contribution in [3.63, 3.8) is 0 Å². The topological polar surface area (TPSA) is 57.7 Å². The molecule has 5 nitrogen and oxygen atoms in total. The molecule has 144 valence electrons. The van der Waals surface area contributed by atoms with Gasteiger partial charge in [0.15, 0.2) is 0 Å². The summed E-state index contributed by atoms with van der Waals surface area (Å²) in [4.78, 5) is 14.5. The van der Waals surface area contributed by atoms with Gasteiger partial charge in [-0.2, -0.15) is 4.31 Å². The first-order valence-corrected chi connectivity index (χ1v) is 10.4. The fourth-order valence-electron chi connectivity index (χ4n) is 3.36. The molecule has 27 heavy (non-hydrogen) atoms. The number of carbonyl (C=O) groups excluding carboxylic acids is 1. The van der Waals surface area contributed by atoms with E-state index in [2.05, 4.69) is 0 Å². The van der Waals surface area contributed by atoms with Crippen molar-refractivity contribution in [2.75, 3.05) is 20.1 Å². The smallest absolute Gasteiger partial charge is 0.243 e. The molecule has 0 radical (unpaired) electrons. The summed E-state index contributed by atoms with van der Waals surface area (Å²) in [7, 11) is -1.87. The van der Waals surface area contributed by atoms with Crippen molar-refractivity contribution in [2.24, 2.45) is 5.92 Å². The first kappa shape index (κ1) is 19.5. The average Bonchev–Trinajstić information content (AvgIpc) is 2.70. The first-order valence-electron chi connectivity index (χ1n) is 8.93. The number of benzene rings is 2. The van der Waals surface area contributed by atoms with Crippen LogP contribution in [0.4, 0.5) is 4.39 Å². The maximum absolute atomic E-state index is 13.8. The molecule has 1 saturated heterocycles. The Morgan fingerprint density at radius 2 is 1.67 bits per heavy atom. The number of piperidine rings is 1. The zero-order valence-corrected chi connectivity index (χ0v) is 16.0. The highest BCUT2D eigenvalue weighted by Gasteiger charge is 2.33. The van der Waals surface area contributed by atoms with Gasteiger partial charge in [-0.3, -0.25) is 4.79 Å². The number of hydrogen-bond acceptors (Lipinski definition) is 3. The molecular weight excluding hydrogens is 367 g/mol.